The molecule has 33 heavy (non-hydrogen) atoms. The third kappa shape index (κ3) is 4.09. The first-order valence-corrected chi connectivity index (χ1v) is 10.8. The van der Waals surface area contributed by atoms with E-state index in [1.54, 1.807) is 6.21 Å². The minimum absolute atomic E-state index is 0.123. The molecular weight excluding hydrogens is 428 g/mol. The maximum atomic E-state index is 10.3. The summed E-state index contributed by atoms with van der Waals surface area (Å²) in [5.41, 5.74) is 11.5. The predicted octanol–water partition coefficient (Wildman–Crippen LogP) is 0.0662. The van der Waals surface area contributed by atoms with Gasteiger partial charge in [-0.3, -0.25) is 4.57 Å². The van der Waals surface area contributed by atoms with E-state index in [1.165, 1.54) is 29.4 Å². The van der Waals surface area contributed by atoms with Gasteiger partial charge in [0.25, 0.3) is 0 Å². The van der Waals surface area contributed by atoms with Gasteiger partial charge in [0.2, 0.25) is 5.95 Å². The smallest absolute Gasteiger partial charge is 0.247 e. The van der Waals surface area contributed by atoms with Crippen LogP contribution in [0, 0.1) is 0 Å². The summed E-state index contributed by atoms with van der Waals surface area (Å²) in [4.78, 5) is 15.1. The number of hydrogen-bond donors (Lipinski definition) is 5. The average Bonchev–Trinajstić information content (AvgIpc) is 3.55. The molecule has 2 aliphatic heterocycles. The summed E-state index contributed by atoms with van der Waals surface area (Å²) in [6.07, 6.45) is 1.10. The minimum Gasteiger partial charge on any atom is -0.394 e. The summed E-state index contributed by atoms with van der Waals surface area (Å²) in [5, 5.41) is 33.9. The van der Waals surface area contributed by atoms with Crippen molar-refractivity contribution >= 4 is 34.8 Å². The number of fused-ring (bicyclic) bond motifs is 1. The van der Waals surface area contributed by atoms with Crippen LogP contribution in [-0.4, -0.2) is 79.1 Å². The van der Waals surface area contributed by atoms with E-state index in [-0.39, 0.29) is 11.8 Å². The molecule has 0 aliphatic carbocycles. The molecule has 174 valence electrons. The van der Waals surface area contributed by atoms with E-state index in [1.807, 2.05) is 12.1 Å². The Morgan fingerprint density at radius 1 is 1.15 bits per heavy atom. The zero-order chi connectivity index (χ0) is 22.9. The molecule has 0 saturated carbocycles. The van der Waals surface area contributed by atoms with Crippen molar-refractivity contribution in [2.24, 2.45) is 5.10 Å². The second kappa shape index (κ2) is 8.90. The number of ether oxygens (including phenoxy) is 1. The molecule has 12 heteroatoms. The van der Waals surface area contributed by atoms with Crippen LogP contribution in [0.1, 0.15) is 24.6 Å². The molecule has 4 heterocycles. The molecule has 3 aromatic rings. The normalized spacial score (nSPS) is 25.5. The molecule has 2 saturated heterocycles. The lowest BCUT2D eigenvalue weighted by molar-refractivity contribution is -0.0511. The van der Waals surface area contributed by atoms with Gasteiger partial charge >= 0.3 is 0 Å². The number of imidazole rings is 1. The summed E-state index contributed by atoms with van der Waals surface area (Å²) in [6, 6.07) is 8.14. The number of anilines is 3. The van der Waals surface area contributed by atoms with Crippen LogP contribution in [0.2, 0.25) is 0 Å². The molecule has 2 aromatic heterocycles. The van der Waals surface area contributed by atoms with Crippen molar-refractivity contribution in [3.8, 4) is 0 Å². The van der Waals surface area contributed by atoms with E-state index >= 15 is 0 Å². The Balaban J connectivity index is 1.33. The Hall–Kier alpha value is -3.32. The molecule has 0 spiro atoms. The highest BCUT2D eigenvalue weighted by molar-refractivity contribution is 5.83. The number of nitrogen functional groups attached to an aromatic ring is 1. The van der Waals surface area contributed by atoms with Crippen molar-refractivity contribution in [2.45, 2.75) is 37.4 Å². The molecule has 12 nitrogen and oxygen atoms in total. The molecule has 6 N–H and O–H groups in total. The SMILES string of the molecule is Nc1nc(N/N=C/c2ccc(N3CCCC3)cc2)nc2c1ncn2[C@@H]1O[C@H](CO)C(O)C1O. The number of aliphatic hydroxyl groups is 3. The molecule has 0 amide bonds. The Morgan fingerprint density at radius 3 is 2.61 bits per heavy atom. The van der Waals surface area contributed by atoms with Crippen LogP contribution in [0.3, 0.4) is 0 Å². The number of hydrazone groups is 1. The molecule has 2 unspecified atom stereocenters. The fourth-order valence-corrected chi connectivity index (χ4v) is 4.20. The number of nitrogens with zero attached hydrogens (tertiary/aromatic N) is 6. The van der Waals surface area contributed by atoms with Gasteiger partial charge in [-0.1, -0.05) is 12.1 Å². The van der Waals surface area contributed by atoms with Crippen LogP contribution in [-0.2, 0) is 4.74 Å². The average molecular weight is 454 g/mol. The molecule has 0 radical (unpaired) electrons. The van der Waals surface area contributed by atoms with Gasteiger partial charge in [-0.25, -0.2) is 10.4 Å². The van der Waals surface area contributed by atoms with Crippen LogP contribution in [0.4, 0.5) is 17.5 Å². The van der Waals surface area contributed by atoms with E-state index in [9.17, 15) is 15.3 Å². The first-order valence-electron chi connectivity index (χ1n) is 10.8. The number of rotatable bonds is 6. The second-order valence-corrected chi connectivity index (χ2v) is 8.14. The molecule has 4 atom stereocenters. The number of aromatic nitrogens is 4. The molecular formula is C21H26N8O4. The topological polar surface area (TPSA) is 167 Å². The van der Waals surface area contributed by atoms with Gasteiger partial charge in [-0.05, 0) is 30.5 Å². The maximum Gasteiger partial charge on any atom is 0.247 e. The first-order chi connectivity index (χ1) is 16.0. The Kier molecular flexibility index (Phi) is 5.81. The summed E-state index contributed by atoms with van der Waals surface area (Å²) < 4.78 is 7.02. The number of hydrogen-bond acceptors (Lipinski definition) is 11. The standard InChI is InChI=1S/C21H26N8O4/c22-18-15-19(29(11-23-15)20-17(32)16(31)14(10-30)33-20)26-21(25-18)27-24-9-12-3-5-13(6-4-12)28-7-1-2-8-28/h3-6,9,11,14,16-17,20,30-32H,1-2,7-8,10H2,(H3,22,25,26,27)/b24-9+/t14-,16?,17?,20-/m1/s1. The van der Waals surface area contributed by atoms with Crippen LogP contribution >= 0.6 is 0 Å². The Bertz CT molecular complexity index is 1150. The fourth-order valence-electron chi connectivity index (χ4n) is 4.20. The van der Waals surface area contributed by atoms with Crippen molar-refractivity contribution in [3.63, 3.8) is 0 Å². The quantitative estimate of drug-likeness (QED) is 0.254. The van der Waals surface area contributed by atoms with Crippen LogP contribution in [0.5, 0.6) is 0 Å². The maximum absolute atomic E-state index is 10.3. The van der Waals surface area contributed by atoms with E-state index in [0.717, 1.165) is 18.7 Å². The Labute approximate surface area is 189 Å². The van der Waals surface area contributed by atoms with Gasteiger partial charge in [0.15, 0.2) is 17.7 Å². The van der Waals surface area contributed by atoms with Crippen molar-refractivity contribution in [2.75, 3.05) is 35.8 Å². The largest absolute Gasteiger partial charge is 0.394 e. The van der Waals surface area contributed by atoms with E-state index < -0.39 is 31.1 Å². The van der Waals surface area contributed by atoms with Gasteiger partial charge < -0.3 is 30.7 Å². The molecule has 2 fully saturated rings. The highest BCUT2D eigenvalue weighted by Crippen LogP contribution is 2.32. The van der Waals surface area contributed by atoms with E-state index in [2.05, 4.69) is 42.5 Å². The molecule has 5 rings (SSSR count). The lowest BCUT2D eigenvalue weighted by Crippen LogP contribution is -2.33. The summed E-state index contributed by atoms with van der Waals surface area (Å²) >= 11 is 0. The van der Waals surface area contributed by atoms with Crippen molar-refractivity contribution < 1.29 is 20.1 Å². The molecule has 0 bridgehead atoms. The van der Waals surface area contributed by atoms with E-state index in [4.69, 9.17) is 10.5 Å². The number of benzene rings is 1. The van der Waals surface area contributed by atoms with Gasteiger partial charge in [-0.15, -0.1) is 0 Å². The minimum atomic E-state index is -1.27. The zero-order valence-electron chi connectivity index (χ0n) is 17.8. The summed E-state index contributed by atoms with van der Waals surface area (Å²) in [6.45, 7) is 1.75. The number of nitrogens with one attached hydrogen (secondary N) is 1. The van der Waals surface area contributed by atoms with Gasteiger partial charge in [0.1, 0.15) is 23.8 Å². The predicted molar refractivity (Wildman–Crippen MR) is 122 cm³/mol. The van der Waals surface area contributed by atoms with Crippen molar-refractivity contribution in [1.82, 2.24) is 19.5 Å². The van der Waals surface area contributed by atoms with Gasteiger partial charge in [0.05, 0.1) is 19.1 Å². The van der Waals surface area contributed by atoms with Crippen LogP contribution < -0.4 is 16.1 Å². The lowest BCUT2D eigenvalue weighted by atomic mass is 10.1. The Morgan fingerprint density at radius 2 is 1.91 bits per heavy atom. The highest BCUT2D eigenvalue weighted by atomic mass is 16.6. The third-order valence-corrected chi connectivity index (χ3v) is 5.98. The third-order valence-electron chi connectivity index (χ3n) is 5.98. The number of aliphatic hydroxyl groups excluding tert-OH is 3. The van der Waals surface area contributed by atoms with Gasteiger partial charge in [-0.2, -0.15) is 15.1 Å². The highest BCUT2D eigenvalue weighted by Gasteiger charge is 2.44. The fraction of sp³-hybridized carbons (Fsp3) is 0.429. The van der Waals surface area contributed by atoms with Crippen molar-refractivity contribution in [3.05, 3.63) is 36.2 Å². The van der Waals surface area contributed by atoms with Crippen LogP contribution in [0.15, 0.2) is 35.7 Å². The van der Waals surface area contributed by atoms with Gasteiger partial charge in [0, 0.05) is 18.8 Å². The van der Waals surface area contributed by atoms with E-state index in [0.29, 0.717) is 11.2 Å². The first kappa shape index (κ1) is 21.5. The summed E-state index contributed by atoms with van der Waals surface area (Å²) in [7, 11) is 0. The molecule has 1 aromatic carbocycles. The lowest BCUT2D eigenvalue weighted by Gasteiger charge is -2.17. The molecule has 2 aliphatic rings. The number of nitrogens with two attached hydrogens (primary N) is 1. The summed E-state index contributed by atoms with van der Waals surface area (Å²) in [5.74, 6) is 0.261. The van der Waals surface area contributed by atoms with Crippen LogP contribution in [0.25, 0.3) is 11.2 Å². The second-order valence-electron chi connectivity index (χ2n) is 8.14. The zero-order valence-corrected chi connectivity index (χ0v) is 17.8. The van der Waals surface area contributed by atoms with Crippen molar-refractivity contribution in [1.29, 1.82) is 0 Å². The monoisotopic (exact) mass is 454 g/mol.